The summed E-state index contributed by atoms with van der Waals surface area (Å²) in [7, 11) is -14.1. The average molecular weight is 925 g/mol. The van der Waals surface area contributed by atoms with Gasteiger partial charge in [-0.3, -0.25) is 0 Å². The van der Waals surface area contributed by atoms with Gasteiger partial charge < -0.3 is 0 Å². The van der Waals surface area contributed by atoms with Crippen LogP contribution in [0.15, 0.2) is 208 Å². The maximum atomic E-state index is 12.5. The molecule has 0 radical (unpaired) electrons. The SMILES string of the molecule is CS(=O)(=O)c1ccc(C2=C3C=CC(=N3)C(c3ccc(S(C)(=O)=O)cc3)=C3C=CC(=N3)C(c3ccc(S(C)(=O)=O)cc3)=C3C=CC(=N3)C(c3ccc(S(C)(=O)=O)cc3)=C3C=CC2=N3)cc1. The van der Waals surface area contributed by atoms with E-state index in [0.29, 0.717) is 90.2 Å². The molecule has 0 saturated carbocycles. The lowest BCUT2D eigenvalue weighted by Crippen LogP contribution is -2.05. The molecule has 4 aromatic carbocycles. The van der Waals surface area contributed by atoms with Gasteiger partial charge in [0.1, 0.15) is 0 Å². The zero-order chi connectivity index (χ0) is 45.3. The fourth-order valence-electron chi connectivity index (χ4n) is 7.75. The molecule has 0 atom stereocenters. The predicted octanol–water partition coefficient (Wildman–Crippen LogP) is 7.30. The second kappa shape index (κ2) is 15.5. The van der Waals surface area contributed by atoms with Crippen molar-refractivity contribution in [3.05, 3.63) is 191 Å². The first-order valence-corrected chi connectivity index (χ1v) is 27.1. The van der Waals surface area contributed by atoms with Crippen LogP contribution in [-0.2, 0) is 39.3 Å². The lowest BCUT2D eigenvalue weighted by molar-refractivity contribution is 0.600. The van der Waals surface area contributed by atoms with E-state index in [1.165, 1.54) is 48.5 Å². The Hall–Kier alpha value is -6.72. The minimum absolute atomic E-state index is 0.136. The van der Waals surface area contributed by atoms with Crippen LogP contribution in [0.1, 0.15) is 22.3 Å². The Morgan fingerprint density at radius 3 is 0.594 bits per heavy atom. The summed E-state index contributed by atoms with van der Waals surface area (Å²) in [5.74, 6) is 0. The number of rotatable bonds is 8. The van der Waals surface area contributed by atoms with Gasteiger partial charge >= 0.3 is 0 Å². The molecule has 5 aliphatic heterocycles. The summed E-state index contributed by atoms with van der Waals surface area (Å²) in [6.07, 6.45) is 19.2. The number of fused-ring (bicyclic) bond motifs is 4. The van der Waals surface area contributed by atoms with Crippen LogP contribution < -0.4 is 0 Å². The average Bonchev–Trinajstić information content (AvgIpc) is 4.08. The van der Waals surface area contributed by atoms with E-state index in [0.717, 1.165) is 25.0 Å². The van der Waals surface area contributed by atoms with Crippen molar-refractivity contribution in [2.45, 2.75) is 19.6 Å². The molecule has 0 N–H and O–H groups in total. The third-order valence-corrected chi connectivity index (χ3v) is 15.4. The van der Waals surface area contributed by atoms with E-state index in [2.05, 4.69) is 0 Å². The van der Waals surface area contributed by atoms with Gasteiger partial charge in [0.25, 0.3) is 0 Å². The normalized spacial score (nSPS) is 17.4. The quantitative estimate of drug-likeness (QED) is 0.176. The lowest BCUT2D eigenvalue weighted by Gasteiger charge is -2.13. The molecule has 5 heterocycles. The van der Waals surface area contributed by atoms with Crippen molar-refractivity contribution in [2.24, 2.45) is 20.0 Å². The van der Waals surface area contributed by atoms with Gasteiger partial charge in [0.15, 0.2) is 39.3 Å². The number of nitrogens with zero attached hydrogens (tertiary/aromatic N) is 4. The van der Waals surface area contributed by atoms with Gasteiger partial charge in [-0.1, -0.05) is 48.5 Å². The maximum Gasteiger partial charge on any atom is 0.175 e. The highest BCUT2D eigenvalue weighted by Gasteiger charge is 2.28. The smallest absolute Gasteiger partial charge is 0.175 e. The summed E-state index contributed by atoms with van der Waals surface area (Å²) in [4.78, 5) is 21.2. The fraction of sp³-hybridized carbons (Fsp3) is 0.0833. The summed E-state index contributed by atoms with van der Waals surface area (Å²) in [5.41, 5.74) is 8.88. The van der Waals surface area contributed by atoms with Gasteiger partial charge in [0.2, 0.25) is 0 Å². The first-order chi connectivity index (χ1) is 30.2. The van der Waals surface area contributed by atoms with Crippen molar-refractivity contribution in [2.75, 3.05) is 25.0 Å². The van der Waals surface area contributed by atoms with E-state index in [1.54, 1.807) is 48.5 Å². The van der Waals surface area contributed by atoms with Crippen LogP contribution >= 0.6 is 0 Å². The molecular formula is C48H36N4O8S4. The van der Waals surface area contributed by atoms with Crippen LogP contribution in [-0.4, -0.2) is 81.5 Å². The summed E-state index contributed by atoms with van der Waals surface area (Å²) in [6.45, 7) is 0. The minimum Gasteiger partial charge on any atom is -0.248 e. The zero-order valence-electron chi connectivity index (χ0n) is 34.5. The molecule has 0 spiro atoms. The molecule has 8 bridgehead atoms. The highest BCUT2D eigenvalue weighted by atomic mass is 32.2. The molecular weight excluding hydrogens is 889 g/mol. The number of allylic oxidation sites excluding steroid dienone is 12. The van der Waals surface area contributed by atoms with E-state index < -0.39 is 39.3 Å². The van der Waals surface area contributed by atoms with Gasteiger partial charge in [-0.15, -0.1) is 0 Å². The number of sulfone groups is 4. The van der Waals surface area contributed by atoms with E-state index in [1.807, 2.05) is 48.6 Å². The first kappa shape index (κ1) is 42.6. The fourth-order valence-corrected chi connectivity index (χ4v) is 10.3. The van der Waals surface area contributed by atoms with Crippen LogP contribution in [0.25, 0.3) is 22.3 Å². The molecule has 0 fully saturated rings. The van der Waals surface area contributed by atoms with Crippen LogP contribution in [0.4, 0.5) is 0 Å². The topological polar surface area (TPSA) is 186 Å². The van der Waals surface area contributed by atoms with Crippen LogP contribution in [0.3, 0.4) is 0 Å². The second-order valence-corrected chi connectivity index (χ2v) is 23.6. The molecule has 0 aliphatic carbocycles. The molecule has 12 nitrogen and oxygen atoms in total. The molecule has 9 rings (SSSR count). The van der Waals surface area contributed by atoms with Crippen molar-refractivity contribution in [3.63, 3.8) is 0 Å². The molecule has 320 valence electrons. The summed E-state index contributed by atoms with van der Waals surface area (Å²) < 4.78 is 100.0. The maximum absolute atomic E-state index is 12.5. The lowest BCUT2D eigenvalue weighted by atomic mass is 9.98. The Balaban J connectivity index is 1.35. The number of hydrogen-bond donors (Lipinski definition) is 0. The van der Waals surface area contributed by atoms with Crippen molar-refractivity contribution in [1.29, 1.82) is 0 Å². The number of aliphatic imine (C=N–C) groups is 4. The minimum atomic E-state index is -3.52. The standard InChI is InChI=1S/C48H36N4O8S4/c1-61(53,54)33-13-5-29(6-14-33)45-37-21-23-39(49-37)46(30-7-15-34(16-8-30)62(2,55)56)41-25-27-43(51-41)48(32-11-19-36(20-12-32)64(4,59)60)44-28-26-42(52-44)47(40-24-22-38(45)50-40)31-9-17-35(18-10-31)63(3,57)58/h5-28H,1-4H3. The van der Waals surface area contributed by atoms with Crippen molar-refractivity contribution in [3.8, 4) is 0 Å². The Bertz CT molecular complexity index is 3130. The highest BCUT2D eigenvalue weighted by Crippen LogP contribution is 2.39. The summed E-state index contributed by atoms with van der Waals surface area (Å²) >= 11 is 0. The monoisotopic (exact) mass is 924 g/mol. The summed E-state index contributed by atoms with van der Waals surface area (Å²) in [6, 6.07) is 25.8. The molecule has 0 aromatic heterocycles. The molecule has 0 unspecified atom stereocenters. The largest absolute Gasteiger partial charge is 0.248 e. The van der Waals surface area contributed by atoms with Gasteiger partial charge in [-0.2, -0.15) is 0 Å². The second-order valence-electron chi connectivity index (χ2n) is 15.5. The van der Waals surface area contributed by atoms with Gasteiger partial charge in [0, 0.05) is 47.3 Å². The Morgan fingerprint density at radius 1 is 0.266 bits per heavy atom. The zero-order valence-corrected chi connectivity index (χ0v) is 37.8. The third-order valence-electron chi connectivity index (χ3n) is 10.9. The van der Waals surface area contributed by atoms with Crippen LogP contribution in [0.2, 0.25) is 0 Å². The van der Waals surface area contributed by atoms with Gasteiger partial charge in [-0.05, 0) is 119 Å². The van der Waals surface area contributed by atoms with Crippen molar-refractivity contribution >= 4 is 84.5 Å². The first-order valence-electron chi connectivity index (χ1n) is 19.5. The Morgan fingerprint density at radius 2 is 0.438 bits per heavy atom. The van der Waals surface area contributed by atoms with Crippen LogP contribution in [0, 0.1) is 0 Å². The van der Waals surface area contributed by atoms with Gasteiger partial charge in [0.05, 0.1) is 65.2 Å². The van der Waals surface area contributed by atoms with Gasteiger partial charge in [-0.25, -0.2) is 53.6 Å². The molecule has 64 heavy (non-hydrogen) atoms. The molecule has 0 amide bonds. The van der Waals surface area contributed by atoms with E-state index in [-0.39, 0.29) is 19.6 Å². The predicted molar refractivity (Wildman–Crippen MR) is 252 cm³/mol. The number of benzene rings is 4. The van der Waals surface area contributed by atoms with E-state index >= 15 is 0 Å². The molecule has 0 saturated heterocycles. The Kier molecular flexibility index (Phi) is 10.3. The molecule has 5 aliphatic rings. The van der Waals surface area contributed by atoms with Crippen molar-refractivity contribution < 1.29 is 33.7 Å². The number of hydrogen-bond acceptors (Lipinski definition) is 12. The van der Waals surface area contributed by atoms with Crippen molar-refractivity contribution in [1.82, 2.24) is 0 Å². The summed E-state index contributed by atoms with van der Waals surface area (Å²) in [5, 5.41) is 0. The Labute approximate surface area is 371 Å². The van der Waals surface area contributed by atoms with Crippen LogP contribution in [0.5, 0.6) is 0 Å². The molecule has 16 heteroatoms. The molecule has 4 aromatic rings. The van der Waals surface area contributed by atoms with E-state index in [4.69, 9.17) is 20.0 Å². The van der Waals surface area contributed by atoms with E-state index in [9.17, 15) is 33.7 Å². The highest BCUT2D eigenvalue weighted by molar-refractivity contribution is 7.91. The third kappa shape index (κ3) is 8.16.